The number of hydrogen-bond acceptors (Lipinski definition) is 6. The van der Waals surface area contributed by atoms with Gasteiger partial charge in [0.15, 0.2) is 0 Å². The number of esters is 1. The Kier molecular flexibility index (Phi) is 6.54. The molecular formula is C24H26N2O5S2. The van der Waals surface area contributed by atoms with E-state index in [0.717, 1.165) is 21.7 Å². The third-order valence-corrected chi connectivity index (χ3v) is 8.58. The van der Waals surface area contributed by atoms with Crippen LogP contribution >= 0.6 is 11.8 Å². The van der Waals surface area contributed by atoms with E-state index in [9.17, 15) is 18.0 Å². The van der Waals surface area contributed by atoms with Gasteiger partial charge < -0.3 is 9.64 Å². The van der Waals surface area contributed by atoms with Crippen LogP contribution in [0.4, 0.5) is 0 Å². The third-order valence-electron chi connectivity index (χ3n) is 6.11. The lowest BCUT2D eigenvalue weighted by molar-refractivity contribution is 0.0602. The summed E-state index contributed by atoms with van der Waals surface area (Å²) in [5.74, 6) is -0.198. The number of hydrogen-bond donors (Lipinski definition) is 0. The quantitative estimate of drug-likeness (QED) is 0.396. The molecule has 3 aromatic rings. The molecule has 7 nitrogen and oxygen atoms in total. The van der Waals surface area contributed by atoms with Crippen LogP contribution in [-0.2, 0) is 14.8 Å². The Labute approximate surface area is 197 Å². The second-order valence-corrected chi connectivity index (χ2v) is 10.9. The summed E-state index contributed by atoms with van der Waals surface area (Å²) in [5, 5.41) is 0.479. The summed E-state index contributed by atoms with van der Waals surface area (Å²) in [6, 6.07) is 11.4. The van der Waals surface area contributed by atoms with Crippen molar-refractivity contribution < 1.29 is 22.7 Å². The van der Waals surface area contributed by atoms with Gasteiger partial charge in [-0.3, -0.25) is 4.79 Å². The molecule has 0 radical (unpaired) electrons. The van der Waals surface area contributed by atoms with E-state index in [2.05, 4.69) is 6.92 Å². The first-order chi connectivity index (χ1) is 15.8. The summed E-state index contributed by atoms with van der Waals surface area (Å²) in [4.78, 5) is 28.1. The zero-order valence-corrected chi connectivity index (χ0v) is 20.4. The molecule has 2 heterocycles. The van der Waals surface area contributed by atoms with Gasteiger partial charge >= 0.3 is 5.97 Å². The van der Waals surface area contributed by atoms with Gasteiger partial charge in [-0.2, -0.15) is 0 Å². The molecule has 1 fully saturated rings. The number of likely N-dealkylation sites (tertiary alicyclic amines) is 1. The van der Waals surface area contributed by atoms with E-state index in [0.29, 0.717) is 35.5 Å². The highest BCUT2D eigenvalue weighted by Gasteiger charge is 2.28. The van der Waals surface area contributed by atoms with Gasteiger partial charge in [-0.25, -0.2) is 17.2 Å². The minimum absolute atomic E-state index is 0.00815. The summed E-state index contributed by atoms with van der Waals surface area (Å²) < 4.78 is 33.2. The summed E-state index contributed by atoms with van der Waals surface area (Å²) >= 11 is 1.41. The number of amides is 1. The van der Waals surface area contributed by atoms with Crippen LogP contribution in [0.1, 0.15) is 40.5 Å². The summed E-state index contributed by atoms with van der Waals surface area (Å²) in [6.45, 7) is 3.50. The number of methoxy groups -OCH3 is 1. The molecule has 0 bridgehead atoms. The van der Waals surface area contributed by atoms with E-state index in [-0.39, 0.29) is 16.4 Å². The third kappa shape index (κ3) is 4.27. The molecule has 0 N–H and O–H groups in total. The highest BCUT2D eigenvalue weighted by atomic mass is 32.2. The summed E-state index contributed by atoms with van der Waals surface area (Å²) in [6.07, 6.45) is 5.01. The minimum Gasteiger partial charge on any atom is -0.465 e. The Balaban J connectivity index is 1.80. The fraction of sp³-hybridized carbons (Fsp3) is 0.333. The highest BCUT2D eigenvalue weighted by Crippen LogP contribution is 2.30. The molecule has 0 atom stereocenters. The van der Waals surface area contributed by atoms with Crippen molar-refractivity contribution in [3.05, 3.63) is 59.8 Å². The van der Waals surface area contributed by atoms with E-state index in [1.807, 2.05) is 6.26 Å². The number of rotatable bonds is 5. The Hall–Kier alpha value is -2.78. The smallest absolute Gasteiger partial charge is 0.340 e. The van der Waals surface area contributed by atoms with Gasteiger partial charge in [-0.15, -0.1) is 11.8 Å². The maximum absolute atomic E-state index is 13.6. The molecule has 9 heteroatoms. The van der Waals surface area contributed by atoms with Crippen LogP contribution in [-0.4, -0.2) is 55.6 Å². The lowest BCUT2D eigenvalue weighted by Gasteiger charge is -2.30. The number of benzene rings is 2. The normalized spacial score (nSPS) is 15.1. The van der Waals surface area contributed by atoms with Crippen LogP contribution in [0.5, 0.6) is 0 Å². The van der Waals surface area contributed by atoms with E-state index in [1.54, 1.807) is 35.2 Å². The van der Waals surface area contributed by atoms with Crippen molar-refractivity contribution in [1.82, 2.24) is 8.87 Å². The second-order valence-electron chi connectivity index (χ2n) is 8.19. The SMILES string of the molecule is COC(=O)c1cn(S(=O)(=O)c2ccc(SC)c(C(=O)N3CCC(C)CC3)c2)c2ccccc12. The van der Waals surface area contributed by atoms with Crippen molar-refractivity contribution in [2.75, 3.05) is 26.5 Å². The summed E-state index contributed by atoms with van der Waals surface area (Å²) in [5.41, 5.74) is 0.906. The second kappa shape index (κ2) is 9.23. The first-order valence-corrected chi connectivity index (χ1v) is 13.4. The average Bonchev–Trinajstić information content (AvgIpc) is 3.24. The number of para-hydroxylation sites is 1. The van der Waals surface area contributed by atoms with Crippen LogP contribution in [0.15, 0.2) is 58.5 Å². The van der Waals surface area contributed by atoms with E-state index >= 15 is 0 Å². The molecule has 0 saturated carbocycles. The molecule has 0 unspecified atom stereocenters. The monoisotopic (exact) mass is 486 g/mol. The molecule has 33 heavy (non-hydrogen) atoms. The number of carbonyl (C=O) groups excluding carboxylic acids is 2. The van der Waals surface area contributed by atoms with Crippen LogP contribution in [0.25, 0.3) is 10.9 Å². The first kappa shape index (κ1) is 23.4. The molecule has 4 rings (SSSR count). The molecule has 1 aliphatic heterocycles. The number of piperidine rings is 1. The van der Waals surface area contributed by atoms with Crippen LogP contribution in [0.3, 0.4) is 0 Å². The predicted octanol–water partition coefficient (Wildman–Crippen LogP) is 4.26. The molecular weight excluding hydrogens is 460 g/mol. The molecule has 0 spiro atoms. The number of aromatic nitrogens is 1. The van der Waals surface area contributed by atoms with Crippen molar-refractivity contribution in [1.29, 1.82) is 0 Å². The van der Waals surface area contributed by atoms with Gasteiger partial charge in [0.05, 0.1) is 28.6 Å². The van der Waals surface area contributed by atoms with Crippen molar-refractivity contribution in [3.63, 3.8) is 0 Å². The largest absolute Gasteiger partial charge is 0.465 e. The first-order valence-electron chi connectivity index (χ1n) is 10.7. The Morgan fingerprint density at radius 3 is 2.42 bits per heavy atom. The van der Waals surface area contributed by atoms with E-state index < -0.39 is 16.0 Å². The lowest BCUT2D eigenvalue weighted by atomic mass is 9.98. The van der Waals surface area contributed by atoms with Gasteiger partial charge in [-0.05, 0) is 49.3 Å². The minimum atomic E-state index is -4.08. The maximum atomic E-state index is 13.6. The topological polar surface area (TPSA) is 85.7 Å². The zero-order valence-electron chi connectivity index (χ0n) is 18.8. The fourth-order valence-electron chi connectivity index (χ4n) is 4.13. The Morgan fingerprint density at radius 1 is 1.06 bits per heavy atom. The van der Waals surface area contributed by atoms with E-state index in [4.69, 9.17) is 4.74 Å². The molecule has 1 aliphatic rings. The van der Waals surface area contributed by atoms with Gasteiger partial charge in [-0.1, -0.05) is 25.1 Å². The molecule has 1 aromatic heterocycles. The van der Waals surface area contributed by atoms with Gasteiger partial charge in [0.25, 0.3) is 15.9 Å². The van der Waals surface area contributed by atoms with Gasteiger partial charge in [0, 0.05) is 29.6 Å². The molecule has 2 aromatic carbocycles. The number of carbonyl (C=O) groups is 2. The van der Waals surface area contributed by atoms with Crippen LogP contribution in [0.2, 0.25) is 0 Å². The summed E-state index contributed by atoms with van der Waals surface area (Å²) in [7, 11) is -2.82. The molecule has 1 amide bonds. The van der Waals surface area contributed by atoms with Crippen molar-refractivity contribution in [2.24, 2.45) is 5.92 Å². The number of ether oxygens (including phenoxy) is 1. The Bertz CT molecular complexity index is 1320. The zero-order chi connectivity index (χ0) is 23.8. The molecule has 174 valence electrons. The Morgan fingerprint density at radius 2 is 1.76 bits per heavy atom. The van der Waals surface area contributed by atoms with Crippen LogP contribution < -0.4 is 0 Å². The molecule has 1 saturated heterocycles. The lowest BCUT2D eigenvalue weighted by Crippen LogP contribution is -2.38. The number of thioether (sulfide) groups is 1. The van der Waals surface area contributed by atoms with Crippen molar-refractivity contribution in [2.45, 2.75) is 29.6 Å². The van der Waals surface area contributed by atoms with E-state index in [1.165, 1.54) is 37.2 Å². The van der Waals surface area contributed by atoms with Gasteiger partial charge in [0.1, 0.15) is 0 Å². The number of nitrogens with zero attached hydrogens (tertiary/aromatic N) is 2. The predicted molar refractivity (Wildman–Crippen MR) is 128 cm³/mol. The molecule has 0 aliphatic carbocycles. The van der Waals surface area contributed by atoms with Crippen molar-refractivity contribution in [3.8, 4) is 0 Å². The maximum Gasteiger partial charge on any atom is 0.340 e. The number of fused-ring (bicyclic) bond motifs is 1. The van der Waals surface area contributed by atoms with Gasteiger partial charge in [0.2, 0.25) is 0 Å². The van der Waals surface area contributed by atoms with Crippen molar-refractivity contribution >= 4 is 44.6 Å². The average molecular weight is 487 g/mol. The fourth-order valence-corrected chi connectivity index (χ4v) is 6.10. The van der Waals surface area contributed by atoms with Crippen LogP contribution in [0, 0.1) is 5.92 Å². The standard InChI is InChI=1S/C24H26N2O5S2/c1-16-10-12-25(13-11-16)23(27)19-14-17(8-9-22(19)32-3)33(29,30)26-15-20(24(28)31-2)18-6-4-5-7-21(18)26/h4-9,14-16H,10-13H2,1-3H3. The highest BCUT2D eigenvalue weighted by molar-refractivity contribution is 7.98.